The number of ether oxygens (including phenoxy) is 1. The first kappa shape index (κ1) is 20.1. The Balaban J connectivity index is 3.41. The predicted octanol–water partition coefficient (Wildman–Crippen LogP) is 2.55. The summed E-state index contributed by atoms with van der Waals surface area (Å²) in [6, 6.07) is 0. The second-order valence-corrected chi connectivity index (χ2v) is 12.5. The molecular weight excluding hydrogens is 394 g/mol. The molecule has 1 aromatic heterocycles. The number of imide groups is 1. The molecule has 1 rings (SSSR count). The number of amides is 2. The molecule has 1 heterocycles. The van der Waals surface area contributed by atoms with Crippen LogP contribution in [0.4, 0.5) is 15.4 Å². The van der Waals surface area contributed by atoms with Crippen molar-refractivity contribution in [2.45, 2.75) is 46.0 Å². The summed E-state index contributed by atoms with van der Waals surface area (Å²) in [4.78, 5) is 32.0. The van der Waals surface area contributed by atoms with E-state index in [2.05, 4.69) is 37.4 Å². The van der Waals surface area contributed by atoms with Crippen molar-refractivity contribution >= 4 is 42.0 Å². The van der Waals surface area contributed by atoms with Crippen LogP contribution < -0.4 is 10.0 Å². The molecule has 0 N–H and O–H groups in total. The fraction of sp³-hybridized carbons (Fsp3) is 0.467. The van der Waals surface area contributed by atoms with Gasteiger partial charge in [0.25, 0.3) is 0 Å². The van der Waals surface area contributed by atoms with Gasteiger partial charge in [-0.15, -0.1) is 5.54 Å². The number of aromatic nitrogens is 2. The highest BCUT2D eigenvalue weighted by molar-refractivity contribution is 9.10. The molecule has 0 saturated heterocycles. The summed E-state index contributed by atoms with van der Waals surface area (Å²) >= 11 is 3.16. The lowest BCUT2D eigenvalue weighted by atomic mass is 10.2. The van der Waals surface area contributed by atoms with E-state index in [-0.39, 0.29) is 11.5 Å². The first-order valence-electron chi connectivity index (χ1n) is 7.10. The molecule has 0 fully saturated rings. The predicted molar refractivity (Wildman–Crippen MR) is 94.1 cm³/mol. The maximum atomic E-state index is 12.2. The minimum absolute atomic E-state index is 0.0573. The van der Waals surface area contributed by atoms with E-state index in [0.717, 1.165) is 0 Å². The zero-order chi connectivity index (χ0) is 18.7. The second-order valence-electron chi connectivity index (χ2n) is 6.95. The molecule has 9 heteroatoms. The van der Waals surface area contributed by atoms with E-state index in [1.165, 1.54) is 6.20 Å². The molecule has 0 aliphatic heterocycles. The van der Waals surface area contributed by atoms with Gasteiger partial charge in [0.05, 0.1) is 6.20 Å². The number of carbonyl (C=O) groups is 2. The fourth-order valence-corrected chi connectivity index (χ4v) is 2.18. The van der Waals surface area contributed by atoms with E-state index < -0.39 is 25.9 Å². The third-order valence-corrected chi connectivity index (χ3v) is 3.51. The van der Waals surface area contributed by atoms with Crippen LogP contribution in [0.2, 0.25) is 19.6 Å². The third kappa shape index (κ3) is 6.29. The van der Waals surface area contributed by atoms with Gasteiger partial charge in [0.2, 0.25) is 0 Å². The van der Waals surface area contributed by atoms with Crippen molar-refractivity contribution in [3.63, 3.8) is 0 Å². The molecule has 0 radical (unpaired) electrons. The van der Waals surface area contributed by atoms with Crippen LogP contribution in [0.3, 0.4) is 0 Å². The number of nitrogens with zero attached hydrogens (tertiary/aromatic N) is 3. The summed E-state index contributed by atoms with van der Waals surface area (Å²) in [5.74, 6) is 2.58. The molecule has 0 spiro atoms. The number of rotatable bonds is 1. The van der Waals surface area contributed by atoms with Crippen molar-refractivity contribution in [2.24, 2.45) is 0 Å². The molecule has 1 aromatic rings. The topological polar surface area (TPSA) is 95.5 Å². The smallest absolute Gasteiger partial charge is 0.421 e. The second kappa shape index (κ2) is 7.32. The van der Waals surface area contributed by atoms with Gasteiger partial charge in [-0.2, -0.15) is 0 Å². The molecule has 24 heavy (non-hydrogen) atoms. The van der Waals surface area contributed by atoms with Gasteiger partial charge < -0.3 is 14.6 Å². The maximum absolute atomic E-state index is 12.2. The SMILES string of the molecule is CC(C)(C)OC(=O)N(C(=O)[O-])c1ncc(Br)nc1C#C[Si](C)(C)C. The van der Waals surface area contributed by atoms with Crippen molar-refractivity contribution in [3.05, 3.63) is 16.5 Å². The Morgan fingerprint density at radius 2 is 1.92 bits per heavy atom. The van der Waals surface area contributed by atoms with Crippen LogP contribution in [-0.4, -0.2) is 35.8 Å². The summed E-state index contributed by atoms with van der Waals surface area (Å²) in [5.41, 5.74) is 2.24. The van der Waals surface area contributed by atoms with Crippen LogP contribution >= 0.6 is 15.9 Å². The van der Waals surface area contributed by atoms with Crippen molar-refractivity contribution in [1.29, 1.82) is 0 Å². The Morgan fingerprint density at radius 1 is 1.33 bits per heavy atom. The van der Waals surface area contributed by atoms with E-state index >= 15 is 0 Å². The number of hydrogen-bond donors (Lipinski definition) is 0. The van der Waals surface area contributed by atoms with Gasteiger partial charge in [-0.05, 0) is 36.7 Å². The standard InChI is InChI=1S/C15H20BrN3O4Si/c1-15(2,3)23-14(22)19(13(20)21)12-10(7-8-24(4,5)6)18-11(16)9-17-12/h9H,1-6H3,(H,20,21)/p-1. The average Bonchev–Trinajstić information content (AvgIpc) is 2.35. The van der Waals surface area contributed by atoms with Crippen molar-refractivity contribution in [1.82, 2.24) is 9.97 Å². The van der Waals surface area contributed by atoms with Gasteiger partial charge >= 0.3 is 6.09 Å². The highest BCUT2D eigenvalue weighted by Crippen LogP contribution is 2.20. The molecule has 0 atom stereocenters. The Hall–Kier alpha value is -1.92. The molecule has 7 nitrogen and oxygen atoms in total. The van der Waals surface area contributed by atoms with Gasteiger partial charge in [0.1, 0.15) is 18.3 Å². The third-order valence-electron chi connectivity index (χ3n) is 2.25. The number of carbonyl (C=O) groups excluding carboxylic acids is 2. The normalized spacial score (nSPS) is 11.3. The van der Waals surface area contributed by atoms with E-state index in [4.69, 9.17) is 4.74 Å². The molecule has 0 saturated carbocycles. The van der Waals surface area contributed by atoms with Crippen molar-refractivity contribution in [3.8, 4) is 11.5 Å². The zero-order valence-electron chi connectivity index (χ0n) is 14.4. The van der Waals surface area contributed by atoms with Crippen LogP contribution in [0.1, 0.15) is 26.5 Å². The molecule has 0 aromatic carbocycles. The van der Waals surface area contributed by atoms with E-state index in [9.17, 15) is 14.7 Å². The molecule has 0 unspecified atom stereocenters. The van der Waals surface area contributed by atoms with Crippen LogP contribution in [0.5, 0.6) is 0 Å². The average molecular weight is 413 g/mol. The highest BCUT2D eigenvalue weighted by atomic mass is 79.9. The zero-order valence-corrected chi connectivity index (χ0v) is 17.0. The number of anilines is 1. The Kier molecular flexibility index (Phi) is 6.13. The lowest BCUT2D eigenvalue weighted by molar-refractivity contribution is -0.245. The van der Waals surface area contributed by atoms with Gasteiger partial charge in [0.15, 0.2) is 17.6 Å². The van der Waals surface area contributed by atoms with Crippen LogP contribution in [0, 0.1) is 11.5 Å². The van der Waals surface area contributed by atoms with Crippen LogP contribution in [0.15, 0.2) is 10.8 Å². The largest absolute Gasteiger partial charge is 0.529 e. The van der Waals surface area contributed by atoms with Crippen molar-refractivity contribution in [2.75, 3.05) is 4.90 Å². The van der Waals surface area contributed by atoms with Gasteiger partial charge in [-0.1, -0.05) is 25.6 Å². The molecule has 2 amide bonds. The summed E-state index contributed by atoms with van der Waals surface area (Å²) in [6.07, 6.45) is -1.61. The van der Waals surface area contributed by atoms with Crippen LogP contribution in [-0.2, 0) is 4.74 Å². The lowest BCUT2D eigenvalue weighted by Gasteiger charge is -2.27. The van der Waals surface area contributed by atoms with Gasteiger partial charge in [-0.3, -0.25) is 0 Å². The minimum atomic E-state index is -1.77. The first-order valence-corrected chi connectivity index (χ1v) is 11.4. The number of hydrogen-bond acceptors (Lipinski definition) is 6. The molecule has 0 aliphatic carbocycles. The number of carboxylic acid groups (broad SMARTS) is 1. The number of halogens is 1. The quantitative estimate of drug-likeness (QED) is 0.519. The molecule has 130 valence electrons. The summed E-state index contributed by atoms with van der Waals surface area (Å²) < 4.78 is 5.46. The van der Waals surface area contributed by atoms with E-state index in [0.29, 0.717) is 9.50 Å². The summed E-state index contributed by atoms with van der Waals surface area (Å²) in [6.45, 7) is 10.9. The monoisotopic (exact) mass is 412 g/mol. The van der Waals surface area contributed by atoms with Crippen molar-refractivity contribution < 1.29 is 19.4 Å². The Morgan fingerprint density at radius 3 is 2.38 bits per heavy atom. The molecule has 0 aliphatic rings. The summed E-state index contributed by atoms with van der Waals surface area (Å²) in [7, 11) is -1.75. The Labute approximate surface area is 150 Å². The van der Waals surface area contributed by atoms with Gasteiger partial charge in [-0.25, -0.2) is 19.7 Å². The van der Waals surface area contributed by atoms with E-state index in [1.54, 1.807) is 20.8 Å². The van der Waals surface area contributed by atoms with Crippen LogP contribution in [0.25, 0.3) is 0 Å². The van der Waals surface area contributed by atoms with E-state index in [1.807, 2.05) is 19.6 Å². The molecular formula is C15H19BrN3O4Si-. The fourth-order valence-electron chi connectivity index (χ4n) is 1.41. The summed E-state index contributed by atoms with van der Waals surface area (Å²) in [5, 5.41) is 11.5. The lowest BCUT2D eigenvalue weighted by Crippen LogP contribution is -2.48. The van der Waals surface area contributed by atoms with Gasteiger partial charge in [0, 0.05) is 0 Å². The Bertz CT molecular complexity index is 714. The minimum Gasteiger partial charge on any atom is -0.529 e. The molecule has 0 bridgehead atoms. The highest BCUT2D eigenvalue weighted by Gasteiger charge is 2.28. The first-order chi connectivity index (χ1) is 10.8. The maximum Gasteiger partial charge on any atom is 0.421 e.